The van der Waals surface area contributed by atoms with E-state index in [0.717, 1.165) is 30.8 Å². The number of aryl methyl sites for hydroxylation is 1. The Bertz CT molecular complexity index is 1510. The number of nitrogens with zero attached hydrogens (tertiary/aromatic N) is 4. The van der Waals surface area contributed by atoms with Crippen molar-refractivity contribution >= 4 is 39.7 Å². The number of allylic oxidation sites excluding steroid dienone is 4. The van der Waals surface area contributed by atoms with Gasteiger partial charge in [0.05, 0.1) is 28.9 Å². The molecule has 1 amide bonds. The van der Waals surface area contributed by atoms with E-state index in [1.165, 1.54) is 41.9 Å². The summed E-state index contributed by atoms with van der Waals surface area (Å²) in [7, 11) is 3.28. The quantitative estimate of drug-likeness (QED) is 0.185. The number of nitrogens with one attached hydrogen (secondary N) is 2. The maximum atomic E-state index is 13.7. The average molecular weight is 633 g/mol. The second-order valence-electron chi connectivity index (χ2n) is 10.3. The third-order valence-corrected chi connectivity index (χ3v) is 8.09. The van der Waals surface area contributed by atoms with Gasteiger partial charge in [0.25, 0.3) is 5.91 Å². The number of carbonyl (C=O) groups is 2. The summed E-state index contributed by atoms with van der Waals surface area (Å²) in [5, 5.41) is 7.21. The number of alkyl halides is 3. The molecular weight excluding hydrogens is 597 g/mol. The number of nitrogens with two attached hydrogens (primary N) is 2. The highest BCUT2D eigenvalue weighted by Crippen LogP contribution is 2.31. The lowest BCUT2D eigenvalue weighted by Crippen LogP contribution is -2.43. The lowest BCUT2D eigenvalue weighted by atomic mass is 10.1. The highest BCUT2D eigenvalue weighted by molar-refractivity contribution is 7.16. The van der Waals surface area contributed by atoms with Gasteiger partial charge in [0.15, 0.2) is 5.13 Å². The average Bonchev–Trinajstić information content (AvgIpc) is 3.36. The van der Waals surface area contributed by atoms with Gasteiger partial charge in [-0.15, -0.1) is 0 Å². The van der Waals surface area contributed by atoms with Gasteiger partial charge in [-0.1, -0.05) is 23.5 Å². The molecule has 0 unspecified atom stereocenters. The molecule has 0 bridgehead atoms. The van der Waals surface area contributed by atoms with Crippen molar-refractivity contribution < 1.29 is 27.5 Å². The fourth-order valence-corrected chi connectivity index (χ4v) is 5.26. The molecule has 1 aromatic heterocycles. The van der Waals surface area contributed by atoms with Gasteiger partial charge in [-0.3, -0.25) is 14.6 Å². The SMILES string of the molecule is COC(=O)CNc1ncc(/C(N)=C/N(N)c2cc(C(=O)NC3=CC(C(F)(F)F)=CCC(N4CCN(C)CC4)=C3)ccc2C)s1. The summed E-state index contributed by atoms with van der Waals surface area (Å²) in [4.78, 5) is 33.6. The lowest BCUT2D eigenvalue weighted by molar-refractivity contribution is -0.138. The van der Waals surface area contributed by atoms with Crippen molar-refractivity contribution in [3.05, 3.63) is 81.8 Å². The summed E-state index contributed by atoms with van der Waals surface area (Å²) in [6.07, 6.45) is 2.23. The van der Waals surface area contributed by atoms with Gasteiger partial charge in [0, 0.05) is 62.0 Å². The molecular formula is C29H35F3N8O3S. The molecule has 15 heteroatoms. The Hall–Kier alpha value is -4.34. The number of likely N-dealkylation sites (N-methyl/N-ethyl adjacent to an activating group) is 1. The lowest BCUT2D eigenvalue weighted by Gasteiger charge is -2.35. The van der Waals surface area contributed by atoms with E-state index in [9.17, 15) is 22.8 Å². The van der Waals surface area contributed by atoms with E-state index in [1.54, 1.807) is 25.1 Å². The van der Waals surface area contributed by atoms with E-state index in [4.69, 9.17) is 11.6 Å². The fourth-order valence-electron chi connectivity index (χ4n) is 4.53. The highest BCUT2D eigenvalue weighted by Gasteiger charge is 2.33. The normalized spacial score (nSPS) is 16.4. The number of esters is 1. The van der Waals surface area contributed by atoms with E-state index in [0.29, 0.717) is 34.5 Å². The Morgan fingerprint density at radius 1 is 1.20 bits per heavy atom. The van der Waals surface area contributed by atoms with Crippen LogP contribution in [-0.4, -0.2) is 79.7 Å². The first kappa shape index (κ1) is 32.6. The predicted molar refractivity (Wildman–Crippen MR) is 164 cm³/mol. The number of anilines is 2. The molecule has 2 heterocycles. The third-order valence-electron chi connectivity index (χ3n) is 7.09. The number of rotatable bonds is 9. The molecule has 0 atom stereocenters. The van der Waals surface area contributed by atoms with Crippen LogP contribution < -0.4 is 27.2 Å². The summed E-state index contributed by atoms with van der Waals surface area (Å²) >= 11 is 1.20. The van der Waals surface area contributed by atoms with Crippen LogP contribution in [0.25, 0.3) is 5.70 Å². The predicted octanol–water partition coefficient (Wildman–Crippen LogP) is 3.31. The van der Waals surface area contributed by atoms with Crippen LogP contribution in [0.1, 0.15) is 27.2 Å². The van der Waals surface area contributed by atoms with Crippen LogP contribution in [0.15, 0.2) is 65.8 Å². The summed E-state index contributed by atoms with van der Waals surface area (Å²) in [5.41, 5.74) is 7.82. The largest absolute Gasteiger partial charge is 0.468 e. The van der Waals surface area contributed by atoms with Crippen molar-refractivity contribution in [2.24, 2.45) is 11.6 Å². The van der Waals surface area contributed by atoms with Crippen LogP contribution in [0.3, 0.4) is 0 Å². The Kier molecular flexibility index (Phi) is 10.3. The maximum Gasteiger partial charge on any atom is 0.416 e. The molecule has 1 aliphatic carbocycles. The van der Waals surface area contributed by atoms with Crippen LogP contribution in [0, 0.1) is 6.92 Å². The number of methoxy groups -OCH3 is 1. The summed E-state index contributed by atoms with van der Waals surface area (Å²) in [5.74, 6) is 5.26. The number of hydrogen-bond acceptors (Lipinski definition) is 11. The first-order valence-electron chi connectivity index (χ1n) is 13.7. The molecule has 6 N–H and O–H groups in total. The van der Waals surface area contributed by atoms with Crippen LogP contribution in [0.2, 0.25) is 0 Å². The zero-order valence-electron chi connectivity index (χ0n) is 24.6. The van der Waals surface area contributed by atoms with Crippen molar-refractivity contribution in [2.45, 2.75) is 19.5 Å². The second-order valence-corrected chi connectivity index (χ2v) is 11.3. The number of hydrogen-bond donors (Lipinski definition) is 4. The van der Waals surface area contributed by atoms with Crippen molar-refractivity contribution in [1.82, 2.24) is 20.1 Å². The molecule has 2 aromatic rings. The van der Waals surface area contributed by atoms with Crippen molar-refractivity contribution in [2.75, 3.05) is 57.2 Å². The van der Waals surface area contributed by atoms with Crippen LogP contribution in [0.5, 0.6) is 0 Å². The first-order chi connectivity index (χ1) is 20.8. The zero-order valence-corrected chi connectivity index (χ0v) is 25.4. The number of aromatic nitrogens is 1. The van der Waals surface area contributed by atoms with Gasteiger partial charge in [0.1, 0.15) is 6.54 Å². The molecule has 44 heavy (non-hydrogen) atoms. The van der Waals surface area contributed by atoms with Crippen molar-refractivity contribution in [1.29, 1.82) is 0 Å². The number of piperazine rings is 1. The molecule has 4 rings (SSSR count). The van der Waals surface area contributed by atoms with E-state index < -0.39 is 23.6 Å². The van der Waals surface area contributed by atoms with E-state index in [1.807, 2.05) is 11.9 Å². The van der Waals surface area contributed by atoms with Gasteiger partial charge >= 0.3 is 12.1 Å². The zero-order chi connectivity index (χ0) is 32.0. The summed E-state index contributed by atoms with van der Waals surface area (Å²) in [6, 6.07) is 4.79. The summed E-state index contributed by atoms with van der Waals surface area (Å²) in [6.45, 7) is 4.67. The minimum atomic E-state index is -4.57. The highest BCUT2D eigenvalue weighted by atomic mass is 32.1. The van der Waals surface area contributed by atoms with Gasteiger partial charge < -0.3 is 30.9 Å². The number of carbonyl (C=O) groups excluding carboxylic acids is 2. The maximum absolute atomic E-state index is 13.7. The Labute approximate surface area is 257 Å². The molecule has 1 aliphatic heterocycles. The fraction of sp³-hybridized carbons (Fsp3) is 0.345. The second kappa shape index (κ2) is 14.0. The van der Waals surface area contributed by atoms with Crippen LogP contribution in [-0.2, 0) is 9.53 Å². The van der Waals surface area contributed by atoms with Gasteiger partial charge in [0.2, 0.25) is 0 Å². The van der Waals surface area contributed by atoms with Crippen LogP contribution >= 0.6 is 11.3 Å². The minimum absolute atomic E-state index is 0.0441. The molecule has 2 aliphatic rings. The number of hydrazine groups is 1. The van der Waals surface area contributed by atoms with Crippen molar-refractivity contribution in [3.63, 3.8) is 0 Å². The van der Waals surface area contributed by atoms with Crippen molar-refractivity contribution in [3.8, 4) is 0 Å². The molecule has 0 spiro atoms. The molecule has 0 saturated carbocycles. The smallest absolute Gasteiger partial charge is 0.416 e. The molecule has 1 aromatic carbocycles. The van der Waals surface area contributed by atoms with E-state index in [2.05, 4.69) is 25.3 Å². The molecule has 1 fully saturated rings. The Morgan fingerprint density at radius 3 is 2.61 bits per heavy atom. The molecule has 1 saturated heterocycles. The minimum Gasteiger partial charge on any atom is -0.468 e. The number of benzene rings is 1. The van der Waals surface area contributed by atoms with Gasteiger partial charge in [-0.25, -0.2) is 10.8 Å². The van der Waals surface area contributed by atoms with E-state index in [-0.39, 0.29) is 29.9 Å². The Morgan fingerprint density at radius 2 is 1.93 bits per heavy atom. The first-order valence-corrected chi connectivity index (χ1v) is 14.5. The molecule has 0 radical (unpaired) electrons. The van der Waals surface area contributed by atoms with E-state index >= 15 is 0 Å². The number of halogens is 3. The number of ether oxygens (including phenoxy) is 1. The molecule has 236 valence electrons. The van der Waals surface area contributed by atoms with Gasteiger partial charge in [-0.2, -0.15) is 13.2 Å². The molecule has 11 nitrogen and oxygen atoms in total. The topological polar surface area (TPSA) is 142 Å². The number of amides is 1. The third kappa shape index (κ3) is 8.39. The standard InChI is InChI=1S/C29H35F3N8O3S/c1-18-4-5-19(12-24(18)40(34)17-23(33)25-15-35-28(44-25)36-16-26(41)43-3)27(42)37-21-13-20(29(30,31)32)6-7-22(14-21)39-10-8-38(2)9-11-39/h4-6,12-15,17H,7-11,16,33-34H2,1-3H3,(H,35,36)(H,37,42)/b23-17-. The van der Waals surface area contributed by atoms with Gasteiger partial charge in [-0.05, 0) is 43.8 Å². The monoisotopic (exact) mass is 632 g/mol. The Balaban J connectivity index is 1.53. The summed E-state index contributed by atoms with van der Waals surface area (Å²) < 4.78 is 45.8. The number of thiazole rings is 1. The van der Waals surface area contributed by atoms with Crippen LogP contribution in [0.4, 0.5) is 24.0 Å².